The van der Waals surface area contributed by atoms with Gasteiger partial charge in [0.05, 0.1) is 0 Å². The van der Waals surface area contributed by atoms with Gasteiger partial charge in [-0.15, -0.1) is 0 Å². The minimum Gasteiger partial charge on any atom is -0.361 e. The van der Waals surface area contributed by atoms with E-state index in [9.17, 15) is 8.42 Å². The first-order chi connectivity index (χ1) is 13.3. The Morgan fingerprint density at radius 2 is 1.39 bits per heavy atom. The van der Waals surface area contributed by atoms with Crippen molar-refractivity contribution in [3.8, 4) is 5.75 Å². The monoisotopic (exact) mass is 392 g/mol. The topological polar surface area (TPSA) is 63.6 Å². The van der Waals surface area contributed by atoms with E-state index in [2.05, 4.69) is 43.3 Å². The number of benzene rings is 4. The van der Waals surface area contributed by atoms with E-state index in [4.69, 9.17) is 8.74 Å². The predicted molar refractivity (Wildman–Crippen MR) is 112 cm³/mol. The third-order valence-corrected chi connectivity index (χ3v) is 5.49. The summed E-state index contributed by atoms with van der Waals surface area (Å²) >= 11 is 0. The molecule has 4 rings (SSSR count). The smallest absolute Gasteiger partial charge is 0.361 e. The van der Waals surface area contributed by atoms with Crippen molar-refractivity contribution in [2.45, 2.75) is 20.3 Å². The summed E-state index contributed by atoms with van der Waals surface area (Å²) in [7, 11) is -4.59. The zero-order chi connectivity index (χ0) is 19.9. The molecule has 0 atom stereocenters. The van der Waals surface area contributed by atoms with Crippen LogP contribution < -0.4 is 4.18 Å². The van der Waals surface area contributed by atoms with E-state index in [1.54, 1.807) is 18.2 Å². The van der Waals surface area contributed by atoms with Gasteiger partial charge in [-0.25, -0.2) is 0 Å². The molecule has 0 fully saturated rings. The van der Waals surface area contributed by atoms with Gasteiger partial charge < -0.3 is 4.18 Å². The van der Waals surface area contributed by atoms with E-state index in [1.807, 2.05) is 19.1 Å². The van der Waals surface area contributed by atoms with Gasteiger partial charge in [0.25, 0.3) is 0 Å². The second kappa shape index (κ2) is 6.93. The summed E-state index contributed by atoms with van der Waals surface area (Å²) in [6.45, 7) is 4.09. The van der Waals surface area contributed by atoms with Gasteiger partial charge in [-0.3, -0.25) is 4.55 Å². The molecule has 0 aliphatic rings. The molecule has 4 nitrogen and oxygen atoms in total. The maximum Gasteiger partial charge on any atom is 0.446 e. The first-order valence-electron chi connectivity index (χ1n) is 8.99. The minimum atomic E-state index is -4.59. The molecule has 0 saturated heterocycles. The average Bonchev–Trinajstić information content (AvgIpc) is 2.64. The molecule has 0 amide bonds. The van der Waals surface area contributed by atoms with Gasteiger partial charge in [-0.1, -0.05) is 60.7 Å². The lowest BCUT2D eigenvalue weighted by molar-refractivity contribution is 0.388. The lowest BCUT2D eigenvalue weighted by Gasteiger charge is -2.14. The Morgan fingerprint density at radius 3 is 2.14 bits per heavy atom. The average molecular weight is 392 g/mol. The van der Waals surface area contributed by atoms with Crippen LogP contribution in [-0.4, -0.2) is 13.0 Å². The van der Waals surface area contributed by atoms with Crippen molar-refractivity contribution in [3.05, 3.63) is 89.0 Å². The highest BCUT2D eigenvalue weighted by Gasteiger charge is 2.14. The van der Waals surface area contributed by atoms with Crippen LogP contribution in [0.15, 0.2) is 66.7 Å². The Morgan fingerprint density at radius 1 is 0.750 bits per heavy atom. The molecule has 0 aromatic heterocycles. The maximum atomic E-state index is 11.2. The molecule has 4 aromatic carbocycles. The van der Waals surface area contributed by atoms with Crippen molar-refractivity contribution in [1.82, 2.24) is 0 Å². The predicted octanol–water partition coefficient (Wildman–Crippen LogP) is 5.38. The van der Waals surface area contributed by atoms with Crippen LogP contribution in [0, 0.1) is 13.8 Å². The van der Waals surface area contributed by atoms with E-state index in [0.717, 1.165) is 16.5 Å². The Hall–Kier alpha value is -2.89. The van der Waals surface area contributed by atoms with E-state index < -0.39 is 10.4 Å². The highest BCUT2D eigenvalue weighted by atomic mass is 32.3. The number of aryl methyl sites for hydroxylation is 2. The van der Waals surface area contributed by atoms with Crippen molar-refractivity contribution in [3.63, 3.8) is 0 Å². The summed E-state index contributed by atoms with van der Waals surface area (Å²) in [5.41, 5.74) is 4.53. The van der Waals surface area contributed by atoms with Crippen LogP contribution in [0.1, 0.15) is 22.3 Å². The van der Waals surface area contributed by atoms with Crippen LogP contribution in [-0.2, 0) is 16.8 Å². The van der Waals surface area contributed by atoms with Crippen molar-refractivity contribution in [2.24, 2.45) is 0 Å². The molecule has 0 aliphatic carbocycles. The van der Waals surface area contributed by atoms with Crippen LogP contribution >= 0.6 is 0 Å². The fourth-order valence-corrected chi connectivity index (χ4v) is 4.24. The van der Waals surface area contributed by atoms with Crippen molar-refractivity contribution in [2.75, 3.05) is 0 Å². The minimum absolute atomic E-state index is 0.124. The molecule has 0 spiro atoms. The summed E-state index contributed by atoms with van der Waals surface area (Å²) in [6.07, 6.45) is 0.703. The molecule has 28 heavy (non-hydrogen) atoms. The molecule has 1 N–H and O–H groups in total. The second-order valence-electron chi connectivity index (χ2n) is 7.00. The lowest BCUT2D eigenvalue weighted by Crippen LogP contribution is -2.07. The molecule has 0 unspecified atom stereocenters. The van der Waals surface area contributed by atoms with Crippen LogP contribution in [0.3, 0.4) is 0 Å². The van der Waals surface area contributed by atoms with E-state index >= 15 is 0 Å². The summed E-state index contributed by atoms with van der Waals surface area (Å²) in [5, 5.41) is 4.04. The molecule has 4 aromatic rings. The zero-order valence-corrected chi connectivity index (χ0v) is 16.5. The number of hydrogen-bond acceptors (Lipinski definition) is 3. The lowest BCUT2D eigenvalue weighted by atomic mass is 9.92. The number of rotatable bonds is 4. The number of fused-ring (bicyclic) bond motifs is 2. The molecular formula is C23H20O4S. The van der Waals surface area contributed by atoms with E-state index in [0.29, 0.717) is 11.8 Å². The maximum absolute atomic E-state index is 11.2. The molecule has 0 heterocycles. The standard InChI is InChI=1S/C23H20O4S/c1-15-6-3-10-20-17(7-4-9-19(15)20)14-18-8-5-11-21-22(27-28(24,25)26)13-12-16(2)23(18)21/h3-13H,14H2,1-2H3,(H,24,25,26). The van der Waals surface area contributed by atoms with Gasteiger partial charge in [0.2, 0.25) is 0 Å². The summed E-state index contributed by atoms with van der Waals surface area (Å²) in [5.74, 6) is 0.124. The van der Waals surface area contributed by atoms with Crippen LogP contribution in [0.4, 0.5) is 0 Å². The molecule has 5 heteroatoms. The van der Waals surface area contributed by atoms with E-state index in [-0.39, 0.29) is 5.75 Å². The molecule has 142 valence electrons. The van der Waals surface area contributed by atoms with Crippen molar-refractivity contribution < 1.29 is 17.2 Å². The zero-order valence-electron chi connectivity index (χ0n) is 15.6. The largest absolute Gasteiger partial charge is 0.446 e. The normalized spacial score (nSPS) is 11.8. The van der Waals surface area contributed by atoms with Crippen LogP contribution in [0.2, 0.25) is 0 Å². The third kappa shape index (κ3) is 3.46. The van der Waals surface area contributed by atoms with Crippen LogP contribution in [0.25, 0.3) is 21.5 Å². The highest BCUT2D eigenvalue weighted by Crippen LogP contribution is 2.33. The number of hydrogen-bond donors (Lipinski definition) is 1. The van der Waals surface area contributed by atoms with Gasteiger partial charge in [-0.05, 0) is 64.7 Å². The first kappa shape index (κ1) is 18.5. The molecule has 0 radical (unpaired) electrons. The van der Waals surface area contributed by atoms with E-state index in [1.165, 1.54) is 21.9 Å². The first-order valence-corrected chi connectivity index (χ1v) is 10.4. The Labute approximate surface area is 164 Å². The summed E-state index contributed by atoms with van der Waals surface area (Å²) < 4.78 is 36.3. The summed E-state index contributed by atoms with van der Waals surface area (Å²) in [4.78, 5) is 0. The van der Waals surface area contributed by atoms with Gasteiger partial charge >= 0.3 is 10.4 Å². The van der Waals surface area contributed by atoms with Gasteiger partial charge in [0.15, 0.2) is 5.75 Å². The van der Waals surface area contributed by atoms with Crippen molar-refractivity contribution in [1.29, 1.82) is 0 Å². The Kier molecular flexibility index (Phi) is 4.57. The Balaban J connectivity index is 1.89. The highest BCUT2D eigenvalue weighted by molar-refractivity contribution is 7.81. The van der Waals surface area contributed by atoms with Crippen LogP contribution in [0.5, 0.6) is 5.75 Å². The third-order valence-electron chi connectivity index (χ3n) is 5.10. The SMILES string of the molecule is Cc1cccc2c(Cc3cccc4c(OS(=O)(=O)O)ccc(C)c34)cccc12. The fraction of sp³-hybridized carbons (Fsp3) is 0.130. The fourth-order valence-electron chi connectivity index (χ4n) is 3.87. The van der Waals surface area contributed by atoms with Gasteiger partial charge in [-0.2, -0.15) is 8.42 Å². The molecule has 0 saturated carbocycles. The Bertz CT molecular complexity index is 1310. The second-order valence-corrected chi connectivity index (χ2v) is 8.02. The van der Waals surface area contributed by atoms with Gasteiger partial charge in [0.1, 0.15) is 0 Å². The molecule has 0 bridgehead atoms. The molecular weight excluding hydrogens is 372 g/mol. The molecule has 0 aliphatic heterocycles. The van der Waals surface area contributed by atoms with Crippen molar-refractivity contribution >= 4 is 31.9 Å². The van der Waals surface area contributed by atoms with Gasteiger partial charge in [0, 0.05) is 5.39 Å². The quantitative estimate of drug-likeness (QED) is 0.474. The summed E-state index contributed by atoms with van der Waals surface area (Å²) in [6, 6.07) is 21.7.